The number of ether oxygens (including phenoxy) is 1. The van der Waals surface area contributed by atoms with Crippen LogP contribution in [0.25, 0.3) is 0 Å². The van der Waals surface area contributed by atoms with E-state index >= 15 is 0 Å². The van der Waals surface area contributed by atoms with Crippen LogP contribution in [-0.4, -0.2) is 32.1 Å². The molecule has 0 radical (unpaired) electrons. The van der Waals surface area contributed by atoms with Gasteiger partial charge in [-0.3, -0.25) is 0 Å². The van der Waals surface area contributed by atoms with Crippen LogP contribution in [0, 0.1) is 0 Å². The molecule has 0 aromatic heterocycles. The molecular weight excluding hydrogens is 236 g/mol. The SMILES string of the molecule is COc1ccc(C(C)C)cc1C(CC(C)N)N(C)C. The van der Waals surface area contributed by atoms with Crippen LogP contribution in [0.15, 0.2) is 18.2 Å². The maximum atomic E-state index is 5.99. The second kappa shape index (κ2) is 6.92. The number of nitrogens with zero attached hydrogens (tertiary/aromatic N) is 1. The third-order valence-corrected chi connectivity index (χ3v) is 3.50. The summed E-state index contributed by atoms with van der Waals surface area (Å²) >= 11 is 0. The molecule has 1 aromatic rings. The zero-order valence-electron chi connectivity index (χ0n) is 13.1. The summed E-state index contributed by atoms with van der Waals surface area (Å²) in [6.45, 7) is 6.47. The van der Waals surface area contributed by atoms with E-state index in [2.05, 4.69) is 58.0 Å². The van der Waals surface area contributed by atoms with Gasteiger partial charge in [-0.05, 0) is 45.0 Å². The second-order valence-corrected chi connectivity index (χ2v) is 5.85. The van der Waals surface area contributed by atoms with Crippen molar-refractivity contribution in [3.05, 3.63) is 29.3 Å². The molecule has 19 heavy (non-hydrogen) atoms. The molecular formula is C16H28N2O. The van der Waals surface area contributed by atoms with Gasteiger partial charge < -0.3 is 15.4 Å². The number of hydrogen-bond acceptors (Lipinski definition) is 3. The highest BCUT2D eigenvalue weighted by atomic mass is 16.5. The van der Waals surface area contributed by atoms with Gasteiger partial charge in [0.05, 0.1) is 7.11 Å². The monoisotopic (exact) mass is 264 g/mol. The second-order valence-electron chi connectivity index (χ2n) is 5.85. The van der Waals surface area contributed by atoms with Crippen LogP contribution in [0.5, 0.6) is 5.75 Å². The number of hydrogen-bond donors (Lipinski definition) is 1. The lowest BCUT2D eigenvalue weighted by molar-refractivity contribution is 0.264. The predicted molar refractivity (Wildman–Crippen MR) is 81.8 cm³/mol. The molecule has 0 bridgehead atoms. The third kappa shape index (κ3) is 4.22. The quantitative estimate of drug-likeness (QED) is 0.857. The van der Waals surface area contributed by atoms with Gasteiger partial charge in [0.2, 0.25) is 0 Å². The average molecular weight is 264 g/mol. The molecule has 0 saturated carbocycles. The number of rotatable bonds is 6. The largest absolute Gasteiger partial charge is 0.496 e. The van der Waals surface area contributed by atoms with Crippen LogP contribution >= 0.6 is 0 Å². The number of nitrogens with two attached hydrogens (primary N) is 1. The summed E-state index contributed by atoms with van der Waals surface area (Å²) in [5.41, 5.74) is 8.56. The molecule has 3 heteroatoms. The van der Waals surface area contributed by atoms with Gasteiger partial charge in [0.15, 0.2) is 0 Å². The molecule has 0 heterocycles. The van der Waals surface area contributed by atoms with Crippen molar-refractivity contribution in [1.82, 2.24) is 4.90 Å². The summed E-state index contributed by atoms with van der Waals surface area (Å²) < 4.78 is 5.53. The van der Waals surface area contributed by atoms with E-state index in [-0.39, 0.29) is 12.1 Å². The Morgan fingerprint density at radius 2 is 1.84 bits per heavy atom. The average Bonchev–Trinajstić information content (AvgIpc) is 2.34. The topological polar surface area (TPSA) is 38.5 Å². The summed E-state index contributed by atoms with van der Waals surface area (Å²) in [5, 5.41) is 0. The van der Waals surface area contributed by atoms with Crippen molar-refractivity contribution in [2.75, 3.05) is 21.2 Å². The molecule has 2 N–H and O–H groups in total. The van der Waals surface area contributed by atoms with Gasteiger partial charge in [0, 0.05) is 17.6 Å². The zero-order valence-corrected chi connectivity index (χ0v) is 13.1. The first-order valence-electron chi connectivity index (χ1n) is 6.96. The standard InChI is InChI=1S/C16H28N2O/c1-11(2)13-7-8-16(19-6)14(10-13)15(18(4)5)9-12(3)17/h7-8,10-12,15H,9,17H2,1-6H3. The van der Waals surface area contributed by atoms with Gasteiger partial charge in [-0.15, -0.1) is 0 Å². The minimum atomic E-state index is 0.166. The summed E-state index contributed by atoms with van der Waals surface area (Å²) in [7, 11) is 5.91. The molecule has 2 unspecified atom stereocenters. The maximum absolute atomic E-state index is 5.99. The lowest BCUT2D eigenvalue weighted by Gasteiger charge is -2.28. The van der Waals surface area contributed by atoms with E-state index in [1.165, 1.54) is 11.1 Å². The third-order valence-electron chi connectivity index (χ3n) is 3.50. The Balaban J connectivity index is 3.21. The Kier molecular flexibility index (Phi) is 5.83. The molecule has 0 saturated heterocycles. The van der Waals surface area contributed by atoms with Crippen LogP contribution in [0.2, 0.25) is 0 Å². The molecule has 0 amide bonds. The summed E-state index contributed by atoms with van der Waals surface area (Å²) in [6, 6.07) is 6.93. The van der Waals surface area contributed by atoms with Crippen LogP contribution in [-0.2, 0) is 0 Å². The summed E-state index contributed by atoms with van der Waals surface area (Å²) in [5.74, 6) is 1.46. The van der Waals surface area contributed by atoms with Gasteiger partial charge in [-0.1, -0.05) is 26.0 Å². The molecule has 0 aliphatic heterocycles. The smallest absolute Gasteiger partial charge is 0.123 e. The highest BCUT2D eigenvalue weighted by Gasteiger charge is 2.20. The van der Waals surface area contributed by atoms with Crippen molar-refractivity contribution in [3.63, 3.8) is 0 Å². The van der Waals surface area contributed by atoms with E-state index in [1.54, 1.807) is 7.11 Å². The van der Waals surface area contributed by atoms with Crippen molar-refractivity contribution in [3.8, 4) is 5.75 Å². The Labute approximate surface area is 117 Å². The van der Waals surface area contributed by atoms with E-state index in [4.69, 9.17) is 10.5 Å². The highest BCUT2D eigenvalue weighted by Crippen LogP contribution is 2.33. The van der Waals surface area contributed by atoms with Crippen molar-refractivity contribution in [1.29, 1.82) is 0 Å². The molecule has 0 aliphatic carbocycles. The normalized spacial score (nSPS) is 14.8. The molecule has 108 valence electrons. The van der Waals surface area contributed by atoms with E-state index in [0.717, 1.165) is 12.2 Å². The van der Waals surface area contributed by atoms with Crippen molar-refractivity contribution in [2.24, 2.45) is 5.73 Å². The number of methoxy groups -OCH3 is 1. The van der Waals surface area contributed by atoms with Crippen LogP contribution in [0.3, 0.4) is 0 Å². The maximum Gasteiger partial charge on any atom is 0.123 e. The highest BCUT2D eigenvalue weighted by molar-refractivity contribution is 5.40. The Hall–Kier alpha value is -1.06. The van der Waals surface area contributed by atoms with Gasteiger partial charge in [-0.25, -0.2) is 0 Å². The van der Waals surface area contributed by atoms with Crippen molar-refractivity contribution in [2.45, 2.75) is 45.2 Å². The van der Waals surface area contributed by atoms with E-state index in [0.29, 0.717) is 5.92 Å². The molecule has 0 fully saturated rings. The van der Waals surface area contributed by atoms with Gasteiger partial charge in [0.25, 0.3) is 0 Å². The fraction of sp³-hybridized carbons (Fsp3) is 0.625. The minimum Gasteiger partial charge on any atom is -0.496 e. The molecule has 1 aromatic carbocycles. The first-order chi connectivity index (χ1) is 8.86. The van der Waals surface area contributed by atoms with Crippen molar-refractivity contribution >= 4 is 0 Å². The Morgan fingerprint density at radius 1 is 1.21 bits per heavy atom. The van der Waals surface area contributed by atoms with Crippen LogP contribution in [0.4, 0.5) is 0 Å². The van der Waals surface area contributed by atoms with E-state index in [9.17, 15) is 0 Å². The lowest BCUT2D eigenvalue weighted by Crippen LogP contribution is -2.28. The van der Waals surface area contributed by atoms with E-state index < -0.39 is 0 Å². The first kappa shape index (κ1) is 16.0. The number of benzene rings is 1. The molecule has 1 rings (SSSR count). The molecule has 2 atom stereocenters. The zero-order chi connectivity index (χ0) is 14.6. The van der Waals surface area contributed by atoms with Gasteiger partial charge in [-0.2, -0.15) is 0 Å². The van der Waals surface area contributed by atoms with Crippen LogP contribution < -0.4 is 10.5 Å². The summed E-state index contributed by atoms with van der Waals surface area (Å²) in [6.07, 6.45) is 0.922. The van der Waals surface area contributed by atoms with Gasteiger partial charge in [0.1, 0.15) is 5.75 Å². The first-order valence-corrected chi connectivity index (χ1v) is 6.96. The van der Waals surface area contributed by atoms with Crippen LogP contribution in [0.1, 0.15) is 50.3 Å². The fourth-order valence-electron chi connectivity index (χ4n) is 2.34. The Morgan fingerprint density at radius 3 is 2.26 bits per heavy atom. The Bertz CT molecular complexity index is 400. The van der Waals surface area contributed by atoms with E-state index in [1.807, 2.05) is 0 Å². The molecule has 0 spiro atoms. The van der Waals surface area contributed by atoms with Crippen molar-refractivity contribution < 1.29 is 4.74 Å². The summed E-state index contributed by atoms with van der Waals surface area (Å²) in [4.78, 5) is 2.21. The predicted octanol–water partition coefficient (Wildman–Crippen LogP) is 3.16. The minimum absolute atomic E-state index is 0.166. The fourth-order valence-corrected chi connectivity index (χ4v) is 2.34. The molecule has 0 aliphatic rings. The molecule has 3 nitrogen and oxygen atoms in total. The van der Waals surface area contributed by atoms with Gasteiger partial charge >= 0.3 is 0 Å². The lowest BCUT2D eigenvalue weighted by atomic mass is 9.93.